The topological polar surface area (TPSA) is 99.6 Å². The van der Waals surface area contributed by atoms with Crippen LogP contribution in [0.25, 0.3) is 11.1 Å². The van der Waals surface area contributed by atoms with Gasteiger partial charge in [0.05, 0.1) is 23.3 Å². The number of hydrogen-bond donors (Lipinski definition) is 2. The predicted octanol–water partition coefficient (Wildman–Crippen LogP) is 1.51. The average molecular weight is 270 g/mol. The van der Waals surface area contributed by atoms with Crippen molar-refractivity contribution in [3.63, 3.8) is 0 Å². The van der Waals surface area contributed by atoms with Crippen LogP contribution >= 0.6 is 0 Å². The summed E-state index contributed by atoms with van der Waals surface area (Å²) in [6, 6.07) is 6.99. The molecule has 0 amide bonds. The van der Waals surface area contributed by atoms with Crippen molar-refractivity contribution in [1.29, 1.82) is 10.5 Å². The molecule has 4 nitrogen and oxygen atoms in total. The quantitative estimate of drug-likeness (QED) is 0.704. The highest BCUT2D eigenvalue weighted by molar-refractivity contribution is 7.59. The molecule has 0 saturated carbocycles. The molecule has 0 aromatic heterocycles. The lowest BCUT2D eigenvalue weighted by Crippen LogP contribution is -1.89. The molecule has 0 aliphatic heterocycles. The molecule has 4 N–H and O–H groups in total. The zero-order valence-corrected chi connectivity index (χ0v) is 10.7. The Morgan fingerprint density at radius 3 is 1.61 bits per heavy atom. The number of nitriles is 2. The molecule has 0 saturated heterocycles. The van der Waals surface area contributed by atoms with E-state index in [1.807, 2.05) is 12.1 Å². The van der Waals surface area contributed by atoms with Crippen molar-refractivity contribution in [3.8, 4) is 23.3 Å². The van der Waals surface area contributed by atoms with Crippen molar-refractivity contribution in [2.45, 2.75) is 9.79 Å². The molecule has 0 bridgehead atoms. The van der Waals surface area contributed by atoms with Gasteiger partial charge < -0.3 is 36.7 Å². The van der Waals surface area contributed by atoms with Gasteiger partial charge in [-0.25, -0.2) is 0 Å². The van der Waals surface area contributed by atoms with E-state index in [1.165, 1.54) is 12.1 Å². The van der Waals surface area contributed by atoms with Crippen molar-refractivity contribution < 1.29 is 0 Å². The molecule has 0 heterocycles. The molecule has 0 aromatic rings. The van der Waals surface area contributed by atoms with Crippen LogP contribution in [0.2, 0.25) is 0 Å². The SMILES string of the molecule is N#Cc1cc([S-])cc(C#N)c2c(N)c([S-])c(N)c1-2. The van der Waals surface area contributed by atoms with E-state index in [4.69, 9.17) is 47.2 Å². The van der Waals surface area contributed by atoms with Crippen LogP contribution in [0, 0.1) is 22.7 Å². The highest BCUT2D eigenvalue weighted by Crippen LogP contribution is 2.44. The van der Waals surface area contributed by atoms with Gasteiger partial charge in [-0.15, -0.1) is 4.90 Å². The van der Waals surface area contributed by atoms with Crippen LogP contribution in [0.15, 0.2) is 21.9 Å². The minimum Gasteiger partial charge on any atom is -0.780 e. The van der Waals surface area contributed by atoms with Crippen molar-refractivity contribution in [1.82, 2.24) is 0 Å². The summed E-state index contributed by atoms with van der Waals surface area (Å²) in [6.07, 6.45) is 0. The largest absolute Gasteiger partial charge is 0.780 e. The molecule has 6 heteroatoms. The minimum absolute atomic E-state index is 0.246. The monoisotopic (exact) mass is 270 g/mol. The van der Waals surface area contributed by atoms with Crippen molar-refractivity contribution in [3.05, 3.63) is 23.3 Å². The van der Waals surface area contributed by atoms with Gasteiger partial charge in [-0.1, -0.05) is 12.1 Å². The molecule has 0 atom stereocenters. The Bertz CT molecular complexity index is 652. The summed E-state index contributed by atoms with van der Waals surface area (Å²) in [4.78, 5) is 0.652. The fourth-order valence-electron chi connectivity index (χ4n) is 1.85. The van der Waals surface area contributed by atoms with E-state index in [2.05, 4.69) is 0 Å². The van der Waals surface area contributed by atoms with E-state index in [0.717, 1.165) is 0 Å². The number of nitrogen functional groups attached to an aromatic ring is 2. The van der Waals surface area contributed by atoms with Crippen LogP contribution in [-0.2, 0) is 25.3 Å². The second-order valence-corrected chi connectivity index (χ2v) is 4.53. The van der Waals surface area contributed by atoms with Crippen LogP contribution in [0.1, 0.15) is 11.1 Å². The van der Waals surface area contributed by atoms with Gasteiger partial charge in [0, 0.05) is 22.5 Å². The Morgan fingerprint density at radius 1 is 0.889 bits per heavy atom. The van der Waals surface area contributed by atoms with Gasteiger partial charge in [-0.2, -0.15) is 15.4 Å². The smallest absolute Gasteiger partial charge is 0.0998 e. The maximum Gasteiger partial charge on any atom is 0.0998 e. The summed E-state index contributed by atoms with van der Waals surface area (Å²) in [6.45, 7) is 0. The molecule has 0 spiro atoms. The molecule has 2 aliphatic carbocycles. The fraction of sp³-hybridized carbons (Fsp3) is 0. The summed E-state index contributed by atoms with van der Waals surface area (Å²) < 4.78 is 0. The third-order valence-corrected chi connectivity index (χ3v) is 3.31. The van der Waals surface area contributed by atoms with Gasteiger partial charge in [0.2, 0.25) is 0 Å². The highest BCUT2D eigenvalue weighted by atomic mass is 32.1. The van der Waals surface area contributed by atoms with Gasteiger partial charge >= 0.3 is 0 Å². The third kappa shape index (κ3) is 1.56. The normalized spacial score (nSPS) is 9.89. The molecule has 2 aliphatic rings. The van der Waals surface area contributed by atoms with Crippen molar-refractivity contribution in [2.75, 3.05) is 11.5 Å². The third-order valence-electron chi connectivity index (χ3n) is 2.63. The van der Waals surface area contributed by atoms with Gasteiger partial charge in [0.25, 0.3) is 0 Å². The number of nitrogens with two attached hydrogens (primary N) is 2. The molecule has 0 aromatic carbocycles. The number of anilines is 2. The number of fused-ring (bicyclic) bond motifs is 1. The highest BCUT2D eigenvalue weighted by Gasteiger charge is 2.20. The molecule has 18 heavy (non-hydrogen) atoms. The Hall–Kier alpha value is -2.28. The lowest BCUT2D eigenvalue weighted by molar-refractivity contribution is 1.44. The van der Waals surface area contributed by atoms with Crippen LogP contribution in [0.5, 0.6) is 0 Å². The maximum atomic E-state index is 9.15. The average Bonchev–Trinajstić information content (AvgIpc) is 2.53. The summed E-state index contributed by atoms with van der Waals surface area (Å²) in [5, 5.41) is 18.3. The summed E-state index contributed by atoms with van der Waals surface area (Å²) >= 11 is 10.1. The fourth-order valence-corrected chi connectivity index (χ4v) is 2.29. The minimum atomic E-state index is 0.246. The Morgan fingerprint density at radius 2 is 1.28 bits per heavy atom. The maximum absolute atomic E-state index is 9.15. The molecular formula is C12H6N4S2-2. The molecule has 88 valence electrons. The first kappa shape index (κ1) is 12.2. The van der Waals surface area contributed by atoms with Gasteiger partial charge in [0.15, 0.2) is 0 Å². The molecule has 2 rings (SSSR count). The van der Waals surface area contributed by atoms with Crippen LogP contribution in [-0.4, -0.2) is 0 Å². The summed E-state index contributed by atoms with van der Waals surface area (Å²) in [5.74, 6) is 0. The Balaban J connectivity index is 3.09. The molecular weight excluding hydrogens is 264 g/mol. The first-order valence-electron chi connectivity index (χ1n) is 4.84. The zero-order valence-electron chi connectivity index (χ0n) is 9.02. The standard InChI is InChI=1S/C12H8N4S2/c13-3-5-1-7(17)2-6(4-14)9-8(5)10(15)12(18)11(9)16/h1-2,17-18H,15-16H2/p-2. The summed E-state index contributed by atoms with van der Waals surface area (Å²) in [5.41, 5.74) is 13.6. The number of nitrogens with zero attached hydrogens (tertiary/aromatic N) is 2. The first-order chi connectivity index (χ1) is 8.51. The molecule has 0 fully saturated rings. The number of hydrogen-bond acceptors (Lipinski definition) is 6. The number of rotatable bonds is 0. The van der Waals surface area contributed by atoms with Crippen molar-refractivity contribution in [2.24, 2.45) is 0 Å². The second-order valence-electron chi connectivity index (χ2n) is 3.65. The van der Waals surface area contributed by atoms with E-state index in [1.54, 1.807) is 0 Å². The van der Waals surface area contributed by atoms with Gasteiger partial charge in [-0.05, 0) is 0 Å². The Kier molecular flexibility index (Phi) is 2.84. The Labute approximate surface area is 115 Å². The van der Waals surface area contributed by atoms with Crippen LogP contribution in [0.3, 0.4) is 0 Å². The van der Waals surface area contributed by atoms with Crippen LogP contribution in [0.4, 0.5) is 11.4 Å². The molecule has 0 unspecified atom stereocenters. The first-order valence-corrected chi connectivity index (χ1v) is 5.65. The predicted molar refractivity (Wildman–Crippen MR) is 72.6 cm³/mol. The van der Waals surface area contributed by atoms with E-state index in [-0.39, 0.29) is 27.4 Å². The summed E-state index contributed by atoms with van der Waals surface area (Å²) in [7, 11) is 0. The van der Waals surface area contributed by atoms with Gasteiger partial charge in [0.1, 0.15) is 0 Å². The lowest BCUT2D eigenvalue weighted by Gasteiger charge is -2.05. The van der Waals surface area contributed by atoms with E-state index >= 15 is 0 Å². The lowest BCUT2D eigenvalue weighted by atomic mass is 10.0. The van der Waals surface area contributed by atoms with E-state index in [0.29, 0.717) is 16.0 Å². The van der Waals surface area contributed by atoms with E-state index < -0.39 is 0 Å². The van der Waals surface area contributed by atoms with Gasteiger partial charge in [-0.3, -0.25) is 0 Å². The zero-order chi connectivity index (χ0) is 13.4. The molecule has 0 radical (unpaired) electrons. The second kappa shape index (κ2) is 4.19. The van der Waals surface area contributed by atoms with Crippen molar-refractivity contribution >= 4 is 36.6 Å². The van der Waals surface area contributed by atoms with Crippen LogP contribution < -0.4 is 11.5 Å². The van der Waals surface area contributed by atoms with E-state index in [9.17, 15) is 0 Å².